The molecule has 1 aliphatic rings. The van der Waals surface area contributed by atoms with Crippen LogP contribution in [0.1, 0.15) is 10.4 Å². The van der Waals surface area contributed by atoms with Crippen LogP contribution in [-0.4, -0.2) is 39.8 Å². The van der Waals surface area contributed by atoms with Gasteiger partial charge in [0, 0.05) is 16.8 Å². The van der Waals surface area contributed by atoms with Crippen molar-refractivity contribution in [3.8, 4) is 5.75 Å². The number of sulfonamides is 1. The maximum absolute atomic E-state index is 13.8. The Morgan fingerprint density at radius 1 is 1.26 bits per heavy atom. The third-order valence-electron chi connectivity index (χ3n) is 3.86. The Labute approximate surface area is 165 Å². The summed E-state index contributed by atoms with van der Waals surface area (Å²) in [5.74, 6) is -1.79. The van der Waals surface area contributed by atoms with Crippen LogP contribution in [0.15, 0.2) is 36.4 Å². The number of ether oxygens (including phenoxy) is 1. The van der Waals surface area contributed by atoms with Gasteiger partial charge in [-0.15, -0.1) is 0 Å². The number of carbonyl (C=O) groups is 1. The first-order valence-electron chi connectivity index (χ1n) is 7.81. The molecule has 1 saturated heterocycles. The normalized spacial score (nSPS) is 14.6. The van der Waals surface area contributed by atoms with Gasteiger partial charge in [-0.1, -0.05) is 29.3 Å². The van der Waals surface area contributed by atoms with E-state index in [1.165, 1.54) is 0 Å². The van der Waals surface area contributed by atoms with Crippen molar-refractivity contribution in [2.75, 3.05) is 24.2 Å². The summed E-state index contributed by atoms with van der Waals surface area (Å²) in [6, 6.07) is 9.32. The van der Waals surface area contributed by atoms with Crippen LogP contribution < -0.4 is 14.4 Å². The average Bonchev–Trinajstić information content (AvgIpc) is 2.51. The molecule has 1 N–H and O–H groups in total. The molecule has 0 radical (unpaired) electrons. The van der Waals surface area contributed by atoms with Gasteiger partial charge in [-0.05, 0) is 24.3 Å². The predicted molar refractivity (Wildman–Crippen MR) is 102 cm³/mol. The molecule has 0 saturated carbocycles. The molecule has 0 spiro atoms. The fourth-order valence-corrected chi connectivity index (χ4v) is 3.40. The third-order valence-corrected chi connectivity index (χ3v) is 4.94. The van der Waals surface area contributed by atoms with E-state index in [0.717, 1.165) is 24.1 Å². The molecule has 27 heavy (non-hydrogen) atoms. The lowest BCUT2D eigenvalue weighted by Crippen LogP contribution is -2.54. The van der Waals surface area contributed by atoms with Crippen molar-refractivity contribution in [1.82, 2.24) is 4.72 Å². The van der Waals surface area contributed by atoms with Crippen molar-refractivity contribution in [2.45, 2.75) is 6.10 Å². The highest BCUT2D eigenvalue weighted by Gasteiger charge is 2.30. The zero-order valence-electron chi connectivity index (χ0n) is 14.1. The molecule has 0 aliphatic carbocycles. The highest BCUT2D eigenvalue weighted by Crippen LogP contribution is 2.30. The molecular weight excluding hydrogens is 418 g/mol. The second-order valence-corrected chi connectivity index (χ2v) is 8.68. The smallest absolute Gasteiger partial charge is 0.268 e. The number of benzene rings is 2. The molecule has 0 bridgehead atoms. The van der Waals surface area contributed by atoms with Crippen LogP contribution in [0, 0.1) is 5.82 Å². The summed E-state index contributed by atoms with van der Waals surface area (Å²) < 4.78 is 44.0. The second-order valence-electron chi connectivity index (χ2n) is 6.09. The molecule has 1 heterocycles. The van der Waals surface area contributed by atoms with E-state index in [0.29, 0.717) is 18.1 Å². The number of nitrogens with zero attached hydrogens (tertiary/aromatic N) is 1. The monoisotopic (exact) mass is 432 g/mol. The first-order chi connectivity index (χ1) is 12.6. The zero-order valence-corrected chi connectivity index (χ0v) is 16.4. The van der Waals surface area contributed by atoms with Crippen molar-refractivity contribution in [2.24, 2.45) is 0 Å². The molecule has 1 aliphatic heterocycles. The molecule has 1 amide bonds. The Morgan fingerprint density at radius 3 is 2.59 bits per heavy atom. The van der Waals surface area contributed by atoms with Gasteiger partial charge < -0.3 is 9.64 Å². The number of carbonyl (C=O) groups excluding carboxylic acids is 1. The number of hydrogen-bond donors (Lipinski definition) is 1. The number of hydrogen-bond acceptors (Lipinski definition) is 5. The van der Waals surface area contributed by atoms with Gasteiger partial charge in [-0.25, -0.2) is 17.5 Å². The lowest BCUT2D eigenvalue weighted by molar-refractivity contribution is 0.0971. The maximum atomic E-state index is 13.8. The topological polar surface area (TPSA) is 75.7 Å². The van der Waals surface area contributed by atoms with Gasteiger partial charge in [-0.3, -0.25) is 4.79 Å². The Morgan fingerprint density at radius 2 is 1.96 bits per heavy atom. The van der Waals surface area contributed by atoms with Crippen molar-refractivity contribution in [1.29, 1.82) is 0 Å². The molecule has 0 atom stereocenters. The highest BCUT2D eigenvalue weighted by atomic mass is 35.5. The first kappa shape index (κ1) is 19.7. The summed E-state index contributed by atoms with van der Waals surface area (Å²) in [6.45, 7) is 0.995. The zero-order chi connectivity index (χ0) is 19.8. The molecule has 2 aromatic carbocycles. The van der Waals surface area contributed by atoms with Crippen LogP contribution in [-0.2, 0) is 10.0 Å². The molecule has 6 nitrogen and oxygen atoms in total. The predicted octanol–water partition coefficient (Wildman–Crippen LogP) is 3.09. The van der Waals surface area contributed by atoms with Gasteiger partial charge >= 0.3 is 0 Å². The van der Waals surface area contributed by atoms with Gasteiger partial charge in [0.25, 0.3) is 5.91 Å². The SMILES string of the molecule is CS(=O)(=O)NC(=O)c1cc(Cl)c(F)cc1OC1CN(c2cccc(Cl)c2)C1. The van der Waals surface area contributed by atoms with E-state index < -0.39 is 21.7 Å². The van der Waals surface area contributed by atoms with Crippen molar-refractivity contribution in [3.63, 3.8) is 0 Å². The second kappa shape index (κ2) is 7.53. The highest BCUT2D eigenvalue weighted by molar-refractivity contribution is 7.89. The minimum Gasteiger partial charge on any atom is -0.486 e. The standard InChI is InChI=1S/C17H15Cl2FN2O4S/c1-27(24,25)21-17(23)13-6-14(19)15(20)7-16(13)26-12-8-22(9-12)11-4-2-3-10(18)5-11/h2-7,12H,8-9H2,1H3,(H,21,23). The summed E-state index contributed by atoms with van der Waals surface area (Å²) in [4.78, 5) is 14.2. The van der Waals surface area contributed by atoms with Crippen LogP contribution in [0.5, 0.6) is 5.75 Å². The van der Waals surface area contributed by atoms with Crippen molar-refractivity contribution in [3.05, 3.63) is 57.8 Å². The molecule has 10 heteroatoms. The van der Waals surface area contributed by atoms with Crippen molar-refractivity contribution < 1.29 is 22.3 Å². The van der Waals surface area contributed by atoms with E-state index in [-0.39, 0.29) is 22.4 Å². The Bertz CT molecular complexity index is 994. The summed E-state index contributed by atoms with van der Waals surface area (Å²) >= 11 is 11.7. The minimum absolute atomic E-state index is 0.0752. The van der Waals surface area contributed by atoms with E-state index in [1.807, 2.05) is 27.8 Å². The summed E-state index contributed by atoms with van der Waals surface area (Å²) in [6.07, 6.45) is 0.528. The number of amides is 1. The van der Waals surface area contributed by atoms with Gasteiger partial charge in [0.05, 0.1) is 29.9 Å². The van der Waals surface area contributed by atoms with Gasteiger partial charge in [0.2, 0.25) is 10.0 Å². The summed E-state index contributed by atoms with van der Waals surface area (Å²) in [7, 11) is -3.79. The molecular formula is C17H15Cl2FN2O4S. The van der Waals surface area contributed by atoms with Gasteiger partial charge in [-0.2, -0.15) is 0 Å². The summed E-state index contributed by atoms with van der Waals surface area (Å²) in [5.41, 5.74) is 0.757. The average molecular weight is 433 g/mol. The third kappa shape index (κ3) is 4.82. The fourth-order valence-electron chi connectivity index (χ4n) is 2.60. The largest absolute Gasteiger partial charge is 0.486 e. The van der Waals surface area contributed by atoms with E-state index in [9.17, 15) is 17.6 Å². The quantitative estimate of drug-likeness (QED) is 0.785. The Balaban J connectivity index is 1.75. The summed E-state index contributed by atoms with van der Waals surface area (Å²) in [5, 5.41) is 0.298. The van der Waals surface area contributed by atoms with Crippen LogP contribution >= 0.6 is 23.2 Å². The fraction of sp³-hybridized carbons (Fsp3) is 0.235. The lowest BCUT2D eigenvalue weighted by atomic mass is 10.1. The van der Waals surface area contributed by atoms with Crippen molar-refractivity contribution >= 4 is 44.8 Å². The van der Waals surface area contributed by atoms with Crippen LogP contribution in [0.4, 0.5) is 10.1 Å². The molecule has 3 rings (SSSR count). The van der Waals surface area contributed by atoms with E-state index in [2.05, 4.69) is 0 Å². The van der Waals surface area contributed by atoms with Gasteiger partial charge in [0.15, 0.2) is 0 Å². The molecule has 2 aromatic rings. The molecule has 144 valence electrons. The minimum atomic E-state index is -3.79. The number of nitrogens with one attached hydrogen (secondary N) is 1. The van der Waals surface area contributed by atoms with Crippen LogP contribution in [0.25, 0.3) is 0 Å². The Hall–Kier alpha value is -2.03. The maximum Gasteiger partial charge on any atom is 0.268 e. The number of rotatable bonds is 5. The number of anilines is 1. The van der Waals surface area contributed by atoms with Crippen LogP contribution in [0.2, 0.25) is 10.0 Å². The molecule has 0 unspecified atom stereocenters. The van der Waals surface area contributed by atoms with E-state index >= 15 is 0 Å². The number of halogens is 3. The molecule has 0 aromatic heterocycles. The van der Waals surface area contributed by atoms with E-state index in [1.54, 1.807) is 6.07 Å². The lowest BCUT2D eigenvalue weighted by Gasteiger charge is -2.41. The van der Waals surface area contributed by atoms with E-state index in [4.69, 9.17) is 27.9 Å². The van der Waals surface area contributed by atoms with Crippen LogP contribution in [0.3, 0.4) is 0 Å². The first-order valence-corrected chi connectivity index (χ1v) is 10.5. The van der Waals surface area contributed by atoms with Gasteiger partial charge in [0.1, 0.15) is 17.7 Å². The Kier molecular flexibility index (Phi) is 5.50. The molecule has 1 fully saturated rings.